The minimum atomic E-state index is -0.551. The number of nitrogens with one attached hydrogen (secondary N) is 1. The van der Waals surface area contributed by atoms with Crippen LogP contribution in [0.2, 0.25) is 10.0 Å². The summed E-state index contributed by atoms with van der Waals surface area (Å²) in [5, 5.41) is 0.766. The zero-order valence-electron chi connectivity index (χ0n) is 18.3. The summed E-state index contributed by atoms with van der Waals surface area (Å²) in [6, 6.07) is 9.55. The molecule has 0 unspecified atom stereocenters. The normalized spacial score (nSPS) is 14.5. The minimum Gasteiger partial charge on any atom is -0.408 e. The maximum absolute atomic E-state index is 12.5. The molecule has 178 valence electrons. The summed E-state index contributed by atoms with van der Waals surface area (Å²) in [6.45, 7) is 2.98. The van der Waals surface area contributed by atoms with Crippen molar-refractivity contribution in [2.24, 2.45) is 0 Å². The molecule has 1 aromatic heterocycles. The van der Waals surface area contributed by atoms with Crippen molar-refractivity contribution in [1.82, 2.24) is 14.8 Å². The zero-order chi connectivity index (χ0) is 24.2. The lowest BCUT2D eigenvalue weighted by molar-refractivity contribution is -0.132. The Bertz CT molecular complexity index is 1270. The summed E-state index contributed by atoms with van der Waals surface area (Å²) < 4.78 is 5.01. The molecule has 2 aromatic carbocycles. The quantitative estimate of drug-likeness (QED) is 0.468. The van der Waals surface area contributed by atoms with Crippen LogP contribution >= 0.6 is 23.2 Å². The Hall–Kier alpha value is -2.94. The molecular weight excluding hydrogens is 481 g/mol. The second-order valence-electron chi connectivity index (χ2n) is 8.20. The highest BCUT2D eigenvalue weighted by molar-refractivity contribution is 6.35. The minimum absolute atomic E-state index is 0.0381. The summed E-state index contributed by atoms with van der Waals surface area (Å²) in [7, 11) is 0. The maximum Gasteiger partial charge on any atom is 0.417 e. The second-order valence-corrected chi connectivity index (χ2v) is 9.08. The van der Waals surface area contributed by atoms with Crippen molar-refractivity contribution in [2.45, 2.75) is 19.3 Å². The Morgan fingerprint density at radius 3 is 2.24 bits per heavy atom. The van der Waals surface area contributed by atoms with Gasteiger partial charge in [-0.05, 0) is 36.4 Å². The second kappa shape index (κ2) is 10.5. The van der Waals surface area contributed by atoms with Gasteiger partial charge in [-0.15, -0.1) is 0 Å². The van der Waals surface area contributed by atoms with Crippen molar-refractivity contribution < 1.29 is 18.8 Å². The van der Waals surface area contributed by atoms with E-state index in [-0.39, 0.29) is 30.3 Å². The molecule has 0 saturated carbocycles. The fourth-order valence-electron chi connectivity index (χ4n) is 3.98. The van der Waals surface area contributed by atoms with Gasteiger partial charge in [0.05, 0.1) is 5.52 Å². The molecule has 1 aliphatic heterocycles. The summed E-state index contributed by atoms with van der Waals surface area (Å²) in [5.74, 6) is -0.834. The third-order valence-corrected chi connectivity index (χ3v) is 6.31. The molecule has 1 aliphatic rings. The van der Waals surface area contributed by atoms with Crippen LogP contribution in [-0.2, 0) is 4.79 Å². The molecule has 0 atom stereocenters. The van der Waals surface area contributed by atoms with Crippen LogP contribution in [0.4, 0.5) is 0 Å². The third kappa shape index (κ3) is 5.94. The number of benzene rings is 2. The number of aromatic nitrogens is 1. The topological polar surface area (TPSA) is 104 Å². The van der Waals surface area contributed by atoms with E-state index in [1.807, 2.05) is 0 Å². The van der Waals surface area contributed by atoms with Crippen molar-refractivity contribution in [2.75, 3.05) is 32.7 Å². The number of fused-ring (bicyclic) bond motifs is 1. The Kier molecular flexibility index (Phi) is 7.50. The van der Waals surface area contributed by atoms with E-state index in [1.165, 1.54) is 0 Å². The number of halogens is 2. The van der Waals surface area contributed by atoms with Gasteiger partial charge < -0.3 is 9.32 Å². The van der Waals surface area contributed by atoms with Gasteiger partial charge in [0.25, 0.3) is 0 Å². The maximum atomic E-state index is 12.5. The fraction of sp³-hybridized carbons (Fsp3) is 0.333. The van der Waals surface area contributed by atoms with Crippen molar-refractivity contribution >= 4 is 51.8 Å². The van der Waals surface area contributed by atoms with E-state index in [9.17, 15) is 19.2 Å². The number of oxazole rings is 1. The number of hydrogen-bond acceptors (Lipinski definition) is 6. The lowest BCUT2D eigenvalue weighted by Gasteiger charge is -2.34. The number of aromatic amines is 1. The highest BCUT2D eigenvalue weighted by atomic mass is 35.5. The van der Waals surface area contributed by atoms with E-state index in [0.29, 0.717) is 71.4 Å². The van der Waals surface area contributed by atoms with E-state index >= 15 is 0 Å². The zero-order valence-corrected chi connectivity index (χ0v) is 19.8. The van der Waals surface area contributed by atoms with Gasteiger partial charge in [0.1, 0.15) is 0 Å². The van der Waals surface area contributed by atoms with Crippen LogP contribution in [0.3, 0.4) is 0 Å². The van der Waals surface area contributed by atoms with Crippen molar-refractivity contribution in [3.63, 3.8) is 0 Å². The first-order valence-electron chi connectivity index (χ1n) is 10.9. The first kappa shape index (κ1) is 24.2. The van der Waals surface area contributed by atoms with E-state index in [0.717, 1.165) is 0 Å². The molecule has 1 N–H and O–H groups in total. The predicted molar refractivity (Wildman–Crippen MR) is 129 cm³/mol. The predicted octanol–water partition coefficient (Wildman–Crippen LogP) is 3.81. The van der Waals surface area contributed by atoms with Crippen LogP contribution in [-0.4, -0.2) is 65.0 Å². The molecule has 0 bridgehead atoms. The van der Waals surface area contributed by atoms with Crippen LogP contribution in [0.15, 0.2) is 45.6 Å². The van der Waals surface area contributed by atoms with Crippen LogP contribution in [0, 0.1) is 0 Å². The smallest absolute Gasteiger partial charge is 0.408 e. The number of ketones is 2. The lowest BCUT2D eigenvalue weighted by Crippen LogP contribution is -2.49. The average Bonchev–Trinajstić information content (AvgIpc) is 3.19. The first-order chi connectivity index (χ1) is 16.3. The number of carbonyl (C=O) groups is 3. The summed E-state index contributed by atoms with van der Waals surface area (Å²) in [4.78, 5) is 55.2. The number of hydrogen-bond donors (Lipinski definition) is 1. The SMILES string of the molecule is O=C(CCC(=O)N1CCN(CCC(=O)c2ccc3[nH]c(=O)oc3c2)CC1)c1cc(Cl)cc(Cl)c1. The van der Waals surface area contributed by atoms with Gasteiger partial charge >= 0.3 is 5.76 Å². The van der Waals surface area contributed by atoms with Gasteiger partial charge in [-0.1, -0.05) is 23.2 Å². The number of amides is 1. The first-order valence-corrected chi connectivity index (χ1v) is 11.7. The molecule has 0 aliphatic carbocycles. The number of rotatable bonds is 8. The van der Waals surface area contributed by atoms with Crippen LogP contribution < -0.4 is 5.76 Å². The van der Waals surface area contributed by atoms with Crippen molar-refractivity contribution in [1.29, 1.82) is 0 Å². The van der Waals surface area contributed by atoms with E-state index in [4.69, 9.17) is 27.6 Å². The fourth-order valence-corrected chi connectivity index (χ4v) is 4.51. The average molecular weight is 504 g/mol. The molecular formula is C24H23Cl2N3O5. The number of Topliss-reactive ketones (excluding diaryl/α,β-unsaturated/α-hetero) is 2. The number of H-pyrrole nitrogens is 1. The molecule has 0 spiro atoms. The molecule has 4 rings (SSSR count). The van der Waals surface area contributed by atoms with Crippen LogP contribution in [0.1, 0.15) is 40.0 Å². The summed E-state index contributed by atoms with van der Waals surface area (Å²) >= 11 is 11.9. The number of carbonyl (C=O) groups excluding carboxylic acids is 3. The highest BCUT2D eigenvalue weighted by Gasteiger charge is 2.22. The Balaban J connectivity index is 1.21. The Morgan fingerprint density at radius 2 is 1.53 bits per heavy atom. The molecule has 8 nitrogen and oxygen atoms in total. The van der Waals surface area contributed by atoms with Gasteiger partial charge in [0.15, 0.2) is 17.1 Å². The van der Waals surface area contributed by atoms with Gasteiger partial charge in [-0.25, -0.2) is 4.79 Å². The molecule has 0 radical (unpaired) electrons. The Labute approximate surface area is 205 Å². The highest BCUT2D eigenvalue weighted by Crippen LogP contribution is 2.21. The van der Waals surface area contributed by atoms with Crippen LogP contribution in [0.25, 0.3) is 11.1 Å². The lowest BCUT2D eigenvalue weighted by atomic mass is 10.1. The van der Waals surface area contributed by atoms with Gasteiger partial charge in [0, 0.05) is 73.2 Å². The van der Waals surface area contributed by atoms with Crippen LogP contribution in [0.5, 0.6) is 0 Å². The molecule has 34 heavy (non-hydrogen) atoms. The molecule has 1 saturated heterocycles. The van der Waals surface area contributed by atoms with Crippen molar-refractivity contribution in [3.05, 3.63) is 68.1 Å². The van der Waals surface area contributed by atoms with Gasteiger partial charge in [-0.3, -0.25) is 24.3 Å². The molecule has 3 aromatic rings. The van der Waals surface area contributed by atoms with Crippen molar-refractivity contribution in [3.8, 4) is 0 Å². The molecule has 1 amide bonds. The third-order valence-electron chi connectivity index (χ3n) is 5.87. The molecule has 2 heterocycles. The summed E-state index contributed by atoms with van der Waals surface area (Å²) in [5.41, 5.74) is 1.81. The number of piperazine rings is 1. The van der Waals surface area contributed by atoms with E-state index in [2.05, 4.69) is 9.88 Å². The summed E-state index contributed by atoms with van der Waals surface area (Å²) in [6.07, 6.45) is 0.542. The van der Waals surface area contributed by atoms with E-state index < -0.39 is 5.76 Å². The number of nitrogens with zero attached hydrogens (tertiary/aromatic N) is 2. The Morgan fingerprint density at radius 1 is 0.853 bits per heavy atom. The van der Waals surface area contributed by atoms with Gasteiger partial charge in [0.2, 0.25) is 5.91 Å². The van der Waals surface area contributed by atoms with Gasteiger partial charge in [-0.2, -0.15) is 0 Å². The van der Waals surface area contributed by atoms with E-state index in [1.54, 1.807) is 41.3 Å². The molecule has 10 heteroatoms. The molecule has 1 fully saturated rings. The standard InChI is InChI=1S/C24H23Cl2N3O5/c25-17-11-16(12-18(26)14-17)20(30)3-4-23(32)29-9-7-28(8-10-29)6-5-21(31)15-1-2-19-22(13-15)34-24(33)27-19/h1-2,11-14H,3-10H2,(H,27,33). The monoisotopic (exact) mass is 503 g/mol. The largest absolute Gasteiger partial charge is 0.417 e.